The molecule has 0 saturated carbocycles. The molecule has 0 fully saturated rings. The molecule has 2 rings (SSSR count). The van der Waals surface area contributed by atoms with Crippen LogP contribution < -0.4 is 4.74 Å². The number of Topliss-reactive ketones (excluding diaryl/α,β-unsaturated/α-hetero) is 1. The minimum absolute atomic E-state index is 0.334. The fraction of sp³-hybridized carbons (Fsp3) is 0.200. The summed E-state index contributed by atoms with van der Waals surface area (Å²) in [4.78, 5) is 12.5. The lowest BCUT2D eigenvalue weighted by Gasteiger charge is -2.13. The van der Waals surface area contributed by atoms with Crippen molar-refractivity contribution >= 4 is 17.4 Å². The van der Waals surface area contributed by atoms with Crippen LogP contribution in [-0.2, 0) is 0 Å². The van der Waals surface area contributed by atoms with Gasteiger partial charge in [-0.3, -0.25) is 4.79 Å². The van der Waals surface area contributed by atoms with Gasteiger partial charge in [-0.25, -0.2) is 0 Å². The predicted molar refractivity (Wildman–Crippen MR) is 74.1 cm³/mol. The van der Waals surface area contributed by atoms with Gasteiger partial charge in [0.1, 0.15) is 17.4 Å². The number of carbonyl (C=O) groups excluding carboxylic acids is 1. The van der Waals surface area contributed by atoms with E-state index >= 15 is 0 Å². The summed E-state index contributed by atoms with van der Waals surface area (Å²) >= 11 is 5.94. The summed E-state index contributed by atoms with van der Waals surface area (Å²) in [7, 11) is 1.48. The maximum absolute atomic E-state index is 12.5. The van der Waals surface area contributed by atoms with Gasteiger partial charge >= 0.3 is 0 Å². The molecule has 0 aliphatic rings. The summed E-state index contributed by atoms with van der Waals surface area (Å²) in [5.74, 6) is -0.383. The second-order valence-electron chi connectivity index (χ2n) is 4.20. The molecule has 1 aromatic heterocycles. The van der Waals surface area contributed by atoms with Crippen molar-refractivity contribution in [2.24, 2.45) is 0 Å². The smallest absolute Gasteiger partial charge is 0.188 e. The fourth-order valence-corrected chi connectivity index (χ4v) is 2.18. The number of aryl methyl sites for hydroxylation is 1. The highest BCUT2D eigenvalue weighted by atomic mass is 35.5. The van der Waals surface area contributed by atoms with Crippen LogP contribution in [0, 0.1) is 18.3 Å². The molecule has 5 heteroatoms. The molecular weight excluding hydrogens is 278 g/mol. The van der Waals surface area contributed by atoms with Gasteiger partial charge in [0.15, 0.2) is 5.78 Å². The molecule has 0 N–H and O–H groups in total. The van der Waals surface area contributed by atoms with E-state index in [4.69, 9.17) is 20.8 Å². The molecule has 0 aliphatic heterocycles. The number of nitrogens with zero attached hydrogens (tertiary/aromatic N) is 1. The van der Waals surface area contributed by atoms with E-state index in [0.29, 0.717) is 27.7 Å². The Bertz CT molecular complexity index is 685. The van der Waals surface area contributed by atoms with E-state index < -0.39 is 5.92 Å². The molecule has 1 aromatic carbocycles. The minimum atomic E-state index is -0.986. The van der Waals surface area contributed by atoms with E-state index in [0.717, 1.165) is 0 Å². The van der Waals surface area contributed by atoms with E-state index in [2.05, 4.69) is 0 Å². The molecule has 1 unspecified atom stereocenters. The van der Waals surface area contributed by atoms with Gasteiger partial charge in [-0.1, -0.05) is 11.6 Å². The zero-order chi connectivity index (χ0) is 14.7. The Kier molecular flexibility index (Phi) is 4.11. The largest absolute Gasteiger partial charge is 0.496 e. The van der Waals surface area contributed by atoms with Gasteiger partial charge in [0.25, 0.3) is 0 Å². The summed E-state index contributed by atoms with van der Waals surface area (Å²) in [5, 5.41) is 9.79. The number of ketones is 1. The Morgan fingerprint density at radius 1 is 1.45 bits per heavy atom. The van der Waals surface area contributed by atoms with Crippen LogP contribution in [0.5, 0.6) is 5.75 Å². The number of hydrogen-bond donors (Lipinski definition) is 0. The van der Waals surface area contributed by atoms with E-state index in [-0.39, 0.29) is 5.78 Å². The van der Waals surface area contributed by atoms with Crippen LogP contribution in [-0.4, -0.2) is 12.9 Å². The van der Waals surface area contributed by atoms with E-state index in [9.17, 15) is 10.1 Å². The van der Waals surface area contributed by atoms with Crippen molar-refractivity contribution in [1.82, 2.24) is 0 Å². The predicted octanol–water partition coefficient (Wildman–Crippen LogP) is 3.74. The van der Waals surface area contributed by atoms with Gasteiger partial charge in [-0.2, -0.15) is 5.26 Å². The molecular formula is C15H12ClNO3. The van der Waals surface area contributed by atoms with Crippen LogP contribution in [0.2, 0.25) is 5.02 Å². The Morgan fingerprint density at radius 2 is 2.20 bits per heavy atom. The Balaban J connectivity index is 2.49. The monoisotopic (exact) mass is 289 g/mol. The standard InChI is InChI=1S/C15H12ClNO3/c1-9-11(5-6-20-9)15(18)13(8-17)12-7-10(16)3-4-14(12)19-2/h3-7,13H,1-2H3. The Hall–Kier alpha value is -2.25. The molecule has 1 heterocycles. The first-order valence-corrected chi connectivity index (χ1v) is 6.27. The van der Waals surface area contributed by atoms with Crippen LogP contribution >= 0.6 is 11.6 Å². The number of hydrogen-bond acceptors (Lipinski definition) is 4. The van der Waals surface area contributed by atoms with E-state index in [1.807, 2.05) is 6.07 Å². The fourth-order valence-electron chi connectivity index (χ4n) is 2.00. The third kappa shape index (κ3) is 2.54. The summed E-state index contributed by atoms with van der Waals surface area (Å²) < 4.78 is 10.3. The van der Waals surface area contributed by atoms with E-state index in [1.54, 1.807) is 31.2 Å². The number of methoxy groups -OCH3 is 1. The average Bonchev–Trinajstić information content (AvgIpc) is 2.86. The van der Waals surface area contributed by atoms with Crippen LogP contribution in [0.4, 0.5) is 0 Å². The number of halogens is 1. The molecule has 4 nitrogen and oxygen atoms in total. The Morgan fingerprint density at radius 3 is 2.75 bits per heavy atom. The third-order valence-electron chi connectivity index (χ3n) is 3.02. The maximum Gasteiger partial charge on any atom is 0.188 e. The first-order valence-electron chi connectivity index (χ1n) is 5.89. The maximum atomic E-state index is 12.5. The van der Waals surface area contributed by atoms with Crippen molar-refractivity contribution in [3.8, 4) is 11.8 Å². The van der Waals surface area contributed by atoms with Gasteiger partial charge in [0.2, 0.25) is 0 Å². The number of nitriles is 1. The van der Waals surface area contributed by atoms with Crippen molar-refractivity contribution in [1.29, 1.82) is 5.26 Å². The van der Waals surface area contributed by atoms with Crippen molar-refractivity contribution in [3.05, 3.63) is 52.4 Å². The van der Waals surface area contributed by atoms with Gasteiger partial charge in [-0.15, -0.1) is 0 Å². The molecule has 2 aromatic rings. The molecule has 0 saturated heterocycles. The first-order chi connectivity index (χ1) is 9.58. The van der Waals surface area contributed by atoms with Gasteiger partial charge in [-0.05, 0) is 31.2 Å². The summed E-state index contributed by atoms with van der Waals surface area (Å²) in [5.41, 5.74) is 0.840. The van der Waals surface area contributed by atoms with Crippen molar-refractivity contribution in [3.63, 3.8) is 0 Å². The van der Waals surface area contributed by atoms with E-state index in [1.165, 1.54) is 13.4 Å². The Labute approximate surface area is 121 Å². The van der Waals surface area contributed by atoms with Gasteiger partial charge in [0, 0.05) is 10.6 Å². The lowest BCUT2D eigenvalue weighted by Crippen LogP contribution is -2.12. The zero-order valence-electron chi connectivity index (χ0n) is 11.0. The molecule has 0 aliphatic carbocycles. The quantitative estimate of drug-likeness (QED) is 0.804. The van der Waals surface area contributed by atoms with Gasteiger partial charge in [0.05, 0.1) is 25.0 Å². The number of benzene rings is 1. The number of rotatable bonds is 4. The van der Waals surface area contributed by atoms with Gasteiger partial charge < -0.3 is 9.15 Å². The highest BCUT2D eigenvalue weighted by Crippen LogP contribution is 2.32. The van der Waals surface area contributed by atoms with Crippen molar-refractivity contribution in [2.45, 2.75) is 12.8 Å². The lowest BCUT2D eigenvalue weighted by atomic mass is 9.91. The normalized spacial score (nSPS) is 11.7. The zero-order valence-corrected chi connectivity index (χ0v) is 11.8. The highest BCUT2D eigenvalue weighted by molar-refractivity contribution is 6.30. The van der Waals surface area contributed by atoms with Crippen LogP contribution in [0.1, 0.15) is 27.6 Å². The van der Waals surface area contributed by atoms with Crippen LogP contribution in [0.3, 0.4) is 0 Å². The second-order valence-corrected chi connectivity index (χ2v) is 4.64. The molecule has 20 heavy (non-hydrogen) atoms. The molecule has 0 bridgehead atoms. The number of carbonyl (C=O) groups is 1. The first kappa shape index (κ1) is 14.2. The second kappa shape index (κ2) is 5.81. The lowest BCUT2D eigenvalue weighted by molar-refractivity contribution is 0.0976. The van der Waals surface area contributed by atoms with Crippen molar-refractivity contribution < 1.29 is 13.9 Å². The molecule has 0 amide bonds. The summed E-state index contributed by atoms with van der Waals surface area (Å²) in [6.45, 7) is 1.68. The van der Waals surface area contributed by atoms with Crippen LogP contribution in [0.25, 0.3) is 0 Å². The summed E-state index contributed by atoms with van der Waals surface area (Å²) in [6, 6.07) is 8.41. The highest BCUT2D eigenvalue weighted by Gasteiger charge is 2.27. The minimum Gasteiger partial charge on any atom is -0.496 e. The molecule has 102 valence electrons. The average molecular weight is 290 g/mol. The summed E-state index contributed by atoms with van der Waals surface area (Å²) in [6.07, 6.45) is 1.42. The van der Waals surface area contributed by atoms with Crippen LogP contribution in [0.15, 0.2) is 34.9 Å². The topological polar surface area (TPSA) is 63.2 Å². The molecule has 0 radical (unpaired) electrons. The number of ether oxygens (including phenoxy) is 1. The molecule has 1 atom stereocenters. The molecule has 0 spiro atoms. The third-order valence-corrected chi connectivity index (χ3v) is 3.25. The van der Waals surface area contributed by atoms with Crippen molar-refractivity contribution in [2.75, 3.05) is 7.11 Å². The number of furan rings is 1. The SMILES string of the molecule is COc1ccc(Cl)cc1C(C#N)C(=O)c1ccoc1C.